The van der Waals surface area contributed by atoms with Crippen molar-refractivity contribution in [2.45, 2.75) is 32.2 Å². The molecule has 0 aromatic rings. The van der Waals surface area contributed by atoms with Crippen LogP contribution in [0.5, 0.6) is 0 Å². The number of amides is 1. The Labute approximate surface area is 97.1 Å². The van der Waals surface area contributed by atoms with Crippen LogP contribution >= 0.6 is 0 Å². The Morgan fingerprint density at radius 1 is 1.44 bits per heavy atom. The van der Waals surface area contributed by atoms with Crippen LogP contribution in [0.4, 0.5) is 0 Å². The smallest absolute Gasteiger partial charge is 0.234 e. The molecule has 0 aromatic heterocycles. The summed E-state index contributed by atoms with van der Waals surface area (Å²) in [6.07, 6.45) is 3.71. The molecule has 1 amide bonds. The van der Waals surface area contributed by atoms with Gasteiger partial charge in [0.25, 0.3) is 0 Å². The summed E-state index contributed by atoms with van der Waals surface area (Å²) in [5.74, 6) is 1.43. The zero-order valence-electron chi connectivity index (χ0n) is 10.00. The van der Waals surface area contributed by atoms with Crippen LogP contribution in [0.1, 0.15) is 26.2 Å². The first-order chi connectivity index (χ1) is 7.75. The Hall–Kier alpha value is -0.610. The Morgan fingerprint density at radius 2 is 2.25 bits per heavy atom. The molecule has 0 radical (unpaired) electrons. The van der Waals surface area contributed by atoms with Crippen molar-refractivity contribution in [3.8, 4) is 0 Å². The molecule has 2 atom stereocenters. The van der Waals surface area contributed by atoms with E-state index in [9.17, 15) is 4.79 Å². The third-order valence-electron chi connectivity index (χ3n) is 3.48. The lowest BCUT2D eigenvalue weighted by molar-refractivity contribution is -0.121. The molecule has 2 N–H and O–H groups in total. The molecule has 4 nitrogen and oxygen atoms in total. The molecule has 0 spiro atoms. The molecule has 92 valence electrons. The minimum atomic E-state index is 0.111. The maximum absolute atomic E-state index is 11.6. The Balaban J connectivity index is 1.57. The lowest BCUT2D eigenvalue weighted by Gasteiger charge is -2.19. The van der Waals surface area contributed by atoms with E-state index in [0.29, 0.717) is 12.5 Å². The molecule has 2 fully saturated rings. The molecule has 1 heterocycles. The summed E-state index contributed by atoms with van der Waals surface area (Å²) in [7, 11) is 0. The molecule has 2 unspecified atom stereocenters. The average Bonchev–Trinajstić information content (AvgIpc) is 2.91. The number of carbonyl (C=O) groups excluding carboxylic acids is 1. The quantitative estimate of drug-likeness (QED) is 0.694. The third kappa shape index (κ3) is 3.76. The first-order valence-corrected chi connectivity index (χ1v) is 6.33. The van der Waals surface area contributed by atoms with E-state index in [1.54, 1.807) is 0 Å². The van der Waals surface area contributed by atoms with E-state index in [-0.39, 0.29) is 11.9 Å². The second kappa shape index (κ2) is 5.64. The van der Waals surface area contributed by atoms with Gasteiger partial charge in [0, 0.05) is 18.6 Å². The summed E-state index contributed by atoms with van der Waals surface area (Å²) in [5.41, 5.74) is 0. The van der Waals surface area contributed by atoms with Gasteiger partial charge in [0.15, 0.2) is 0 Å². The van der Waals surface area contributed by atoms with Gasteiger partial charge in [0.1, 0.15) is 0 Å². The van der Waals surface area contributed by atoms with Crippen LogP contribution in [0.2, 0.25) is 0 Å². The van der Waals surface area contributed by atoms with Crippen molar-refractivity contribution in [2.75, 3.05) is 26.3 Å². The van der Waals surface area contributed by atoms with Crippen LogP contribution in [-0.2, 0) is 9.53 Å². The maximum Gasteiger partial charge on any atom is 0.234 e. The molecular weight excluding hydrogens is 204 g/mol. The van der Waals surface area contributed by atoms with Crippen molar-refractivity contribution in [3.63, 3.8) is 0 Å². The fourth-order valence-corrected chi connectivity index (χ4v) is 2.08. The van der Waals surface area contributed by atoms with Gasteiger partial charge in [-0.05, 0) is 38.6 Å². The van der Waals surface area contributed by atoms with Crippen LogP contribution in [0.3, 0.4) is 0 Å². The predicted molar refractivity (Wildman–Crippen MR) is 62.1 cm³/mol. The topological polar surface area (TPSA) is 50.4 Å². The van der Waals surface area contributed by atoms with Crippen LogP contribution < -0.4 is 10.6 Å². The summed E-state index contributed by atoms with van der Waals surface area (Å²) >= 11 is 0. The minimum Gasteiger partial charge on any atom is -0.381 e. The molecule has 4 heteroatoms. The third-order valence-corrected chi connectivity index (χ3v) is 3.48. The number of carbonyl (C=O) groups is 1. The lowest BCUT2D eigenvalue weighted by atomic mass is 10.0. The largest absolute Gasteiger partial charge is 0.381 e. The Kier molecular flexibility index (Phi) is 4.18. The van der Waals surface area contributed by atoms with Crippen molar-refractivity contribution < 1.29 is 9.53 Å². The number of hydrogen-bond acceptors (Lipinski definition) is 3. The summed E-state index contributed by atoms with van der Waals surface area (Å²) in [6, 6.07) is 0.234. The molecular formula is C12H22N2O2. The summed E-state index contributed by atoms with van der Waals surface area (Å²) in [6.45, 7) is 5.14. The molecule has 16 heavy (non-hydrogen) atoms. The van der Waals surface area contributed by atoms with Gasteiger partial charge in [-0.1, -0.05) is 0 Å². The molecule has 1 aliphatic carbocycles. The highest BCUT2D eigenvalue weighted by atomic mass is 16.5. The molecule has 1 saturated heterocycles. The fraction of sp³-hybridized carbons (Fsp3) is 0.917. The van der Waals surface area contributed by atoms with Gasteiger partial charge in [0.2, 0.25) is 5.91 Å². The van der Waals surface area contributed by atoms with Gasteiger partial charge in [-0.3, -0.25) is 4.79 Å². The fourth-order valence-electron chi connectivity index (χ4n) is 2.08. The second-order valence-corrected chi connectivity index (χ2v) is 5.05. The van der Waals surface area contributed by atoms with Gasteiger partial charge in [0.05, 0.1) is 13.2 Å². The van der Waals surface area contributed by atoms with E-state index in [1.807, 2.05) is 0 Å². The van der Waals surface area contributed by atoms with Gasteiger partial charge >= 0.3 is 0 Å². The van der Waals surface area contributed by atoms with Crippen molar-refractivity contribution >= 4 is 5.91 Å². The van der Waals surface area contributed by atoms with Gasteiger partial charge in [-0.2, -0.15) is 0 Å². The van der Waals surface area contributed by atoms with E-state index in [2.05, 4.69) is 17.6 Å². The number of nitrogens with one attached hydrogen (secondary N) is 2. The number of hydrogen-bond donors (Lipinski definition) is 2. The van der Waals surface area contributed by atoms with Crippen LogP contribution in [0.15, 0.2) is 0 Å². The monoisotopic (exact) mass is 226 g/mol. The summed E-state index contributed by atoms with van der Waals surface area (Å²) < 4.78 is 5.31. The van der Waals surface area contributed by atoms with E-state index in [1.165, 1.54) is 12.8 Å². The van der Waals surface area contributed by atoms with Crippen molar-refractivity contribution in [1.82, 2.24) is 10.6 Å². The SMILES string of the molecule is CC(NC(=O)CNCC1CC1)C1CCOC1. The van der Waals surface area contributed by atoms with Crippen LogP contribution in [0.25, 0.3) is 0 Å². The number of rotatable bonds is 6. The standard InChI is InChI=1S/C12H22N2O2/c1-9(11-4-5-16-8-11)14-12(15)7-13-6-10-2-3-10/h9-11,13H,2-8H2,1H3,(H,14,15). The Morgan fingerprint density at radius 3 is 2.88 bits per heavy atom. The molecule has 2 rings (SSSR count). The Bertz CT molecular complexity index is 235. The highest BCUT2D eigenvalue weighted by molar-refractivity contribution is 5.78. The minimum absolute atomic E-state index is 0.111. The summed E-state index contributed by atoms with van der Waals surface area (Å²) in [4.78, 5) is 11.6. The van der Waals surface area contributed by atoms with Gasteiger partial charge in [-0.25, -0.2) is 0 Å². The maximum atomic E-state index is 11.6. The van der Waals surface area contributed by atoms with Crippen molar-refractivity contribution in [2.24, 2.45) is 11.8 Å². The first-order valence-electron chi connectivity index (χ1n) is 6.33. The molecule has 0 aromatic carbocycles. The van der Waals surface area contributed by atoms with E-state index in [0.717, 1.165) is 32.1 Å². The summed E-state index contributed by atoms with van der Waals surface area (Å²) in [5, 5.41) is 6.23. The van der Waals surface area contributed by atoms with Gasteiger partial charge in [-0.15, -0.1) is 0 Å². The van der Waals surface area contributed by atoms with E-state index < -0.39 is 0 Å². The number of ether oxygens (including phenoxy) is 1. The van der Waals surface area contributed by atoms with E-state index in [4.69, 9.17) is 4.74 Å². The van der Waals surface area contributed by atoms with Crippen molar-refractivity contribution in [1.29, 1.82) is 0 Å². The average molecular weight is 226 g/mol. The second-order valence-electron chi connectivity index (χ2n) is 5.05. The van der Waals surface area contributed by atoms with E-state index >= 15 is 0 Å². The first kappa shape index (κ1) is 11.9. The zero-order chi connectivity index (χ0) is 11.4. The molecule has 1 aliphatic heterocycles. The highest BCUT2D eigenvalue weighted by Gasteiger charge is 2.24. The van der Waals surface area contributed by atoms with Gasteiger partial charge < -0.3 is 15.4 Å². The van der Waals surface area contributed by atoms with Crippen LogP contribution in [-0.4, -0.2) is 38.3 Å². The molecule has 0 bridgehead atoms. The lowest BCUT2D eigenvalue weighted by Crippen LogP contribution is -2.43. The zero-order valence-corrected chi connectivity index (χ0v) is 10.00. The normalized spacial score (nSPS) is 26.7. The highest BCUT2D eigenvalue weighted by Crippen LogP contribution is 2.27. The predicted octanol–water partition coefficient (Wildman–Crippen LogP) is 0.527. The molecule has 1 saturated carbocycles. The van der Waals surface area contributed by atoms with Crippen LogP contribution in [0, 0.1) is 11.8 Å². The molecule has 2 aliphatic rings. The van der Waals surface area contributed by atoms with Crippen molar-refractivity contribution in [3.05, 3.63) is 0 Å².